The van der Waals surface area contributed by atoms with E-state index in [4.69, 9.17) is 39.5 Å². The summed E-state index contributed by atoms with van der Waals surface area (Å²) in [5, 5.41) is 12.4. The molecule has 184 valence electrons. The zero-order valence-corrected chi connectivity index (χ0v) is 21.6. The molecule has 1 aliphatic rings. The summed E-state index contributed by atoms with van der Waals surface area (Å²) in [6.45, 7) is 0.249. The molecule has 0 saturated heterocycles. The second-order valence-electron chi connectivity index (χ2n) is 8.04. The predicted molar refractivity (Wildman–Crippen MR) is 140 cm³/mol. The van der Waals surface area contributed by atoms with E-state index in [1.807, 2.05) is 0 Å². The standard InChI is InChI=1S/C24H23Cl3N4O3S/c25-14-8-10-15(11-9-14)34-12-21-28-20(13-35-21)23(32)29-17-5-1-2-6-18(17)30-24(33)31-19-7-3-4-16(26)22(19)27/h3-4,7-11,13,17-18H,1-2,5-6,12H2,(H,29,32)(H2,30,31,33)/t17-,18-/m1/s1. The minimum atomic E-state index is -0.407. The molecular weight excluding hydrogens is 531 g/mol. The Morgan fingerprint density at radius 1 is 1.00 bits per heavy atom. The molecule has 7 nitrogen and oxygen atoms in total. The third-order valence-electron chi connectivity index (χ3n) is 5.56. The van der Waals surface area contributed by atoms with Crippen molar-refractivity contribution in [1.29, 1.82) is 0 Å². The number of halogens is 3. The number of nitrogens with one attached hydrogen (secondary N) is 3. The van der Waals surface area contributed by atoms with Crippen molar-refractivity contribution in [2.75, 3.05) is 5.32 Å². The number of hydrogen-bond acceptors (Lipinski definition) is 5. The SMILES string of the molecule is O=C(Nc1cccc(Cl)c1Cl)N[C@@H]1CCCC[C@H]1NC(=O)c1csc(COc2ccc(Cl)cc2)n1. The van der Waals surface area contributed by atoms with Crippen LogP contribution < -0.4 is 20.7 Å². The summed E-state index contributed by atoms with van der Waals surface area (Å²) in [4.78, 5) is 29.8. The first-order chi connectivity index (χ1) is 16.9. The number of aromatic nitrogens is 1. The first kappa shape index (κ1) is 25.6. The minimum absolute atomic E-state index is 0.215. The molecule has 2 atom stereocenters. The smallest absolute Gasteiger partial charge is 0.319 e. The Morgan fingerprint density at radius 2 is 1.71 bits per heavy atom. The minimum Gasteiger partial charge on any atom is -0.486 e. The monoisotopic (exact) mass is 552 g/mol. The summed E-state index contributed by atoms with van der Waals surface area (Å²) in [7, 11) is 0. The Hall–Kier alpha value is -2.52. The number of thiazole rings is 1. The van der Waals surface area contributed by atoms with E-state index in [9.17, 15) is 9.59 Å². The number of anilines is 1. The van der Waals surface area contributed by atoms with Crippen LogP contribution in [0.2, 0.25) is 15.1 Å². The first-order valence-electron chi connectivity index (χ1n) is 11.0. The van der Waals surface area contributed by atoms with E-state index >= 15 is 0 Å². The summed E-state index contributed by atoms with van der Waals surface area (Å²) < 4.78 is 5.70. The fourth-order valence-electron chi connectivity index (χ4n) is 3.80. The second kappa shape index (κ2) is 11.9. The number of carbonyl (C=O) groups excluding carboxylic acids is 2. The van der Waals surface area contributed by atoms with Crippen molar-refractivity contribution >= 4 is 63.8 Å². The third kappa shape index (κ3) is 7.01. The van der Waals surface area contributed by atoms with Crippen molar-refractivity contribution < 1.29 is 14.3 Å². The van der Waals surface area contributed by atoms with Gasteiger partial charge in [-0.05, 0) is 49.2 Å². The Balaban J connectivity index is 1.32. The molecule has 3 amide bonds. The number of carbonyl (C=O) groups is 2. The fourth-order valence-corrected chi connectivity index (χ4v) is 4.96. The summed E-state index contributed by atoms with van der Waals surface area (Å²) in [5.41, 5.74) is 0.744. The summed E-state index contributed by atoms with van der Waals surface area (Å²) in [6, 6.07) is 11.2. The van der Waals surface area contributed by atoms with Crippen LogP contribution in [-0.4, -0.2) is 29.0 Å². The lowest BCUT2D eigenvalue weighted by Gasteiger charge is -2.32. The molecule has 1 saturated carbocycles. The van der Waals surface area contributed by atoms with Crippen LogP contribution >= 0.6 is 46.1 Å². The lowest BCUT2D eigenvalue weighted by molar-refractivity contribution is 0.0911. The normalized spacial score (nSPS) is 17.5. The van der Waals surface area contributed by atoms with E-state index in [2.05, 4.69) is 20.9 Å². The lowest BCUT2D eigenvalue weighted by atomic mass is 9.90. The Kier molecular flexibility index (Phi) is 8.73. The molecule has 0 radical (unpaired) electrons. The molecule has 1 fully saturated rings. The van der Waals surface area contributed by atoms with Crippen molar-refractivity contribution in [2.24, 2.45) is 0 Å². The summed E-state index contributed by atoms with van der Waals surface area (Å²) in [5.74, 6) is 0.389. The van der Waals surface area contributed by atoms with Gasteiger partial charge >= 0.3 is 6.03 Å². The third-order valence-corrected chi connectivity index (χ3v) is 7.45. The van der Waals surface area contributed by atoms with E-state index in [0.717, 1.165) is 25.7 Å². The van der Waals surface area contributed by atoms with E-state index in [-0.39, 0.29) is 29.6 Å². The van der Waals surface area contributed by atoms with Gasteiger partial charge in [0.05, 0.1) is 21.8 Å². The summed E-state index contributed by atoms with van der Waals surface area (Å²) >= 11 is 19.4. The number of benzene rings is 2. The first-order valence-corrected chi connectivity index (χ1v) is 13.1. The second-order valence-corrected chi connectivity index (χ2v) is 10.2. The van der Waals surface area contributed by atoms with E-state index < -0.39 is 6.03 Å². The maximum absolute atomic E-state index is 12.9. The molecule has 35 heavy (non-hydrogen) atoms. The van der Waals surface area contributed by atoms with E-state index in [1.54, 1.807) is 47.8 Å². The highest BCUT2D eigenvalue weighted by molar-refractivity contribution is 7.09. The highest BCUT2D eigenvalue weighted by Crippen LogP contribution is 2.29. The van der Waals surface area contributed by atoms with E-state index in [0.29, 0.717) is 32.2 Å². The summed E-state index contributed by atoms with van der Waals surface area (Å²) in [6.07, 6.45) is 3.42. The molecule has 0 bridgehead atoms. The van der Waals surface area contributed by atoms with Crippen LogP contribution in [0.4, 0.5) is 10.5 Å². The molecule has 11 heteroatoms. The average Bonchev–Trinajstić information content (AvgIpc) is 3.32. The Bertz CT molecular complexity index is 1190. The number of urea groups is 1. The predicted octanol–water partition coefficient (Wildman–Crippen LogP) is 6.55. The topological polar surface area (TPSA) is 92.4 Å². The zero-order valence-electron chi connectivity index (χ0n) is 18.5. The van der Waals surface area contributed by atoms with Crippen LogP contribution in [0.3, 0.4) is 0 Å². The van der Waals surface area contributed by atoms with Gasteiger partial charge in [-0.3, -0.25) is 4.79 Å². The Morgan fingerprint density at radius 3 is 2.46 bits per heavy atom. The van der Waals surface area contributed by atoms with Crippen LogP contribution in [0.25, 0.3) is 0 Å². The van der Waals surface area contributed by atoms with Gasteiger partial charge in [-0.1, -0.05) is 53.7 Å². The molecule has 1 aliphatic carbocycles. The van der Waals surface area contributed by atoms with Crippen molar-refractivity contribution in [2.45, 2.75) is 44.4 Å². The van der Waals surface area contributed by atoms with Crippen molar-refractivity contribution in [3.8, 4) is 5.75 Å². The Labute approximate surface area is 222 Å². The van der Waals surface area contributed by atoms with Crippen molar-refractivity contribution in [1.82, 2.24) is 15.6 Å². The molecular formula is C24H23Cl3N4O3S. The average molecular weight is 554 g/mol. The van der Waals surface area contributed by atoms with Gasteiger partial charge in [0.1, 0.15) is 23.1 Å². The molecule has 0 aliphatic heterocycles. The number of amides is 3. The molecule has 1 aromatic heterocycles. The molecule has 0 unspecified atom stereocenters. The number of nitrogens with zero attached hydrogens (tertiary/aromatic N) is 1. The van der Waals surface area contributed by atoms with Gasteiger partial charge in [0, 0.05) is 16.4 Å². The quantitative estimate of drug-likeness (QED) is 0.309. The lowest BCUT2D eigenvalue weighted by Crippen LogP contribution is -2.54. The molecule has 1 heterocycles. The van der Waals surface area contributed by atoms with Crippen LogP contribution in [0.1, 0.15) is 41.2 Å². The largest absolute Gasteiger partial charge is 0.486 e. The molecule has 3 N–H and O–H groups in total. The van der Waals surface area contributed by atoms with Crippen LogP contribution in [0.5, 0.6) is 5.75 Å². The van der Waals surface area contributed by atoms with Gasteiger partial charge in [-0.15, -0.1) is 11.3 Å². The van der Waals surface area contributed by atoms with Crippen LogP contribution in [-0.2, 0) is 6.61 Å². The molecule has 2 aromatic carbocycles. The van der Waals surface area contributed by atoms with Gasteiger partial charge < -0.3 is 20.7 Å². The van der Waals surface area contributed by atoms with Crippen LogP contribution in [0, 0.1) is 0 Å². The van der Waals surface area contributed by atoms with Crippen molar-refractivity contribution in [3.63, 3.8) is 0 Å². The molecule has 0 spiro atoms. The maximum Gasteiger partial charge on any atom is 0.319 e. The number of rotatable bonds is 7. The maximum atomic E-state index is 12.9. The van der Waals surface area contributed by atoms with Gasteiger partial charge in [0.2, 0.25) is 0 Å². The van der Waals surface area contributed by atoms with Crippen LogP contribution in [0.15, 0.2) is 47.8 Å². The van der Waals surface area contributed by atoms with E-state index in [1.165, 1.54) is 11.3 Å². The number of hydrogen-bond donors (Lipinski definition) is 3. The molecule has 3 aromatic rings. The zero-order chi connectivity index (χ0) is 24.8. The van der Waals surface area contributed by atoms with Gasteiger partial charge in [-0.25, -0.2) is 9.78 Å². The van der Waals surface area contributed by atoms with Gasteiger partial charge in [-0.2, -0.15) is 0 Å². The van der Waals surface area contributed by atoms with Gasteiger partial charge in [0.15, 0.2) is 0 Å². The molecule has 4 rings (SSSR count). The van der Waals surface area contributed by atoms with Gasteiger partial charge in [0.25, 0.3) is 5.91 Å². The van der Waals surface area contributed by atoms with Crippen molar-refractivity contribution in [3.05, 3.63) is 73.6 Å². The highest BCUT2D eigenvalue weighted by atomic mass is 35.5. The fraction of sp³-hybridized carbons (Fsp3) is 0.292. The number of ether oxygens (including phenoxy) is 1. The highest BCUT2D eigenvalue weighted by Gasteiger charge is 2.29.